The Morgan fingerprint density at radius 1 is 0.818 bits per heavy atom. The Labute approximate surface area is 63.5 Å². The minimum absolute atomic E-state index is 1.58. The Bertz CT molecular complexity index is 197. The quantitative estimate of drug-likeness (QED) is 0.584. The number of hydrogen-bond donors (Lipinski definition) is 1. The van der Waals surface area contributed by atoms with E-state index in [1.807, 2.05) is 0 Å². The summed E-state index contributed by atoms with van der Waals surface area (Å²) in [6.07, 6.45) is 9.79. The fraction of sp³-hybridized carbons (Fsp3) is 0. The summed E-state index contributed by atoms with van der Waals surface area (Å²) in [4.78, 5) is 7.44. The van der Waals surface area contributed by atoms with Crippen LogP contribution < -0.4 is 0 Å². The first kappa shape index (κ1) is 7.33. The molecule has 0 amide bonds. The van der Waals surface area contributed by atoms with Crippen LogP contribution in [0.5, 0.6) is 0 Å². The number of hydrogen-bond acceptors (Lipinski definition) is 4. The Hall–Kier alpha value is -1.78. The van der Waals surface area contributed by atoms with Crippen LogP contribution >= 0.6 is 0 Å². The van der Waals surface area contributed by atoms with Gasteiger partial charge in [0, 0.05) is 31.0 Å². The Morgan fingerprint density at radius 3 is 1.64 bits per heavy atom. The Balaban J connectivity index is 0.000000112. The minimum Gasteiger partial charge on any atom is -0.266 e. The second-order valence-corrected chi connectivity index (χ2v) is 1.55. The summed E-state index contributed by atoms with van der Waals surface area (Å²) in [6.45, 7) is 0. The topological polar surface area (TPSA) is 67.3 Å². The predicted octanol–water partition coefficient (Wildman–Crippen LogP) is 0.281. The van der Waals surface area contributed by atoms with E-state index in [0.29, 0.717) is 0 Å². The van der Waals surface area contributed by atoms with E-state index in [0.717, 1.165) is 0 Å². The first-order valence-electron chi connectivity index (χ1n) is 3.00. The summed E-state index contributed by atoms with van der Waals surface area (Å²) in [5, 5.41) is 9.26. The summed E-state index contributed by atoms with van der Waals surface area (Å²) < 4.78 is 0. The molecule has 0 radical (unpaired) electrons. The van der Waals surface area contributed by atoms with E-state index in [4.69, 9.17) is 0 Å². The summed E-state index contributed by atoms with van der Waals surface area (Å²) in [5.74, 6) is 0. The smallest absolute Gasteiger partial charge is 0.0690 e. The van der Waals surface area contributed by atoms with Gasteiger partial charge in [-0.25, -0.2) is 0 Å². The van der Waals surface area contributed by atoms with Crippen LogP contribution in [0.15, 0.2) is 37.2 Å². The molecule has 0 aliphatic heterocycles. The van der Waals surface area contributed by atoms with Gasteiger partial charge in [0.2, 0.25) is 0 Å². The molecule has 0 fully saturated rings. The number of nitrogens with zero attached hydrogens (tertiary/aromatic N) is 4. The molecule has 11 heavy (non-hydrogen) atoms. The van der Waals surface area contributed by atoms with Crippen LogP contribution in [0, 0.1) is 0 Å². The zero-order valence-corrected chi connectivity index (χ0v) is 5.75. The average Bonchev–Trinajstić information content (AvgIpc) is 2.64. The van der Waals surface area contributed by atoms with Gasteiger partial charge in [0.15, 0.2) is 0 Å². The van der Waals surface area contributed by atoms with Crippen molar-refractivity contribution in [3.63, 3.8) is 0 Å². The van der Waals surface area contributed by atoms with Crippen molar-refractivity contribution in [3.8, 4) is 0 Å². The standard InChI is InChI=1S/C4H4N2.C2H3N3/c1-2-6-4-3-5-1;1-2-4-5-3-1/h1-4H;1-2H,(H,3,4,5). The second kappa shape index (κ2) is 5.04. The molecule has 5 heteroatoms. The van der Waals surface area contributed by atoms with Crippen LogP contribution in [0.25, 0.3) is 0 Å². The van der Waals surface area contributed by atoms with E-state index in [9.17, 15) is 0 Å². The van der Waals surface area contributed by atoms with Crippen LogP contribution in [0.4, 0.5) is 0 Å². The molecule has 5 nitrogen and oxygen atoms in total. The number of rotatable bonds is 0. The van der Waals surface area contributed by atoms with Gasteiger partial charge in [-0.1, -0.05) is 5.21 Å². The van der Waals surface area contributed by atoms with E-state index >= 15 is 0 Å². The maximum Gasteiger partial charge on any atom is 0.0690 e. The van der Waals surface area contributed by atoms with E-state index in [1.165, 1.54) is 0 Å². The fourth-order valence-corrected chi connectivity index (χ4v) is 0.420. The summed E-state index contributed by atoms with van der Waals surface area (Å²) >= 11 is 0. The van der Waals surface area contributed by atoms with Gasteiger partial charge in [0.25, 0.3) is 0 Å². The maximum absolute atomic E-state index is 3.72. The molecule has 2 rings (SSSR count). The zero-order chi connectivity index (χ0) is 7.78. The van der Waals surface area contributed by atoms with Crippen LogP contribution in [0.3, 0.4) is 0 Å². The van der Waals surface area contributed by atoms with Crippen LogP contribution in [0.1, 0.15) is 0 Å². The highest BCUT2D eigenvalue weighted by Crippen LogP contribution is 1.65. The monoisotopic (exact) mass is 149 g/mol. The van der Waals surface area contributed by atoms with Crippen molar-refractivity contribution >= 4 is 0 Å². The second-order valence-electron chi connectivity index (χ2n) is 1.55. The molecule has 0 aliphatic carbocycles. The van der Waals surface area contributed by atoms with Gasteiger partial charge in [0.1, 0.15) is 0 Å². The Morgan fingerprint density at radius 2 is 1.45 bits per heavy atom. The SMILES string of the molecule is c1c[nH]nn1.c1cnccn1. The Kier molecular flexibility index (Phi) is 3.36. The average molecular weight is 149 g/mol. The third kappa shape index (κ3) is 3.74. The molecule has 0 aromatic carbocycles. The number of aromatic nitrogens is 5. The number of aromatic amines is 1. The summed E-state index contributed by atoms with van der Waals surface area (Å²) in [7, 11) is 0. The van der Waals surface area contributed by atoms with Crippen LogP contribution in [-0.4, -0.2) is 25.4 Å². The first-order chi connectivity index (χ1) is 5.50. The molecule has 1 N–H and O–H groups in total. The van der Waals surface area contributed by atoms with Crippen molar-refractivity contribution in [2.75, 3.05) is 0 Å². The number of nitrogens with one attached hydrogen (secondary N) is 1. The molecule has 0 bridgehead atoms. The molecule has 0 saturated heterocycles. The summed E-state index contributed by atoms with van der Waals surface area (Å²) in [6, 6.07) is 0. The predicted molar refractivity (Wildman–Crippen MR) is 38.4 cm³/mol. The van der Waals surface area contributed by atoms with Crippen molar-refractivity contribution in [1.29, 1.82) is 0 Å². The summed E-state index contributed by atoms with van der Waals surface area (Å²) in [5.41, 5.74) is 0. The van der Waals surface area contributed by atoms with Gasteiger partial charge in [0.05, 0.1) is 6.20 Å². The van der Waals surface area contributed by atoms with Crippen molar-refractivity contribution in [1.82, 2.24) is 25.4 Å². The minimum atomic E-state index is 1.58. The molecule has 0 aliphatic rings. The molecule has 2 aromatic heterocycles. The third-order valence-electron chi connectivity index (χ3n) is 0.809. The molecule has 0 unspecified atom stereocenters. The lowest BCUT2D eigenvalue weighted by atomic mass is 10.8. The van der Waals surface area contributed by atoms with Crippen molar-refractivity contribution in [2.24, 2.45) is 0 Å². The van der Waals surface area contributed by atoms with Gasteiger partial charge >= 0.3 is 0 Å². The zero-order valence-electron chi connectivity index (χ0n) is 5.75. The van der Waals surface area contributed by atoms with Crippen molar-refractivity contribution < 1.29 is 0 Å². The van der Waals surface area contributed by atoms with Crippen LogP contribution in [-0.2, 0) is 0 Å². The van der Waals surface area contributed by atoms with Crippen molar-refractivity contribution in [3.05, 3.63) is 37.2 Å². The third-order valence-corrected chi connectivity index (χ3v) is 0.809. The van der Waals surface area contributed by atoms with Crippen molar-refractivity contribution in [2.45, 2.75) is 0 Å². The van der Waals surface area contributed by atoms with E-state index in [1.54, 1.807) is 37.2 Å². The molecule has 2 aromatic rings. The molecular weight excluding hydrogens is 142 g/mol. The molecule has 2 heterocycles. The molecule has 0 atom stereocenters. The van der Waals surface area contributed by atoms with E-state index in [-0.39, 0.29) is 0 Å². The maximum atomic E-state index is 3.72. The fourth-order valence-electron chi connectivity index (χ4n) is 0.420. The van der Waals surface area contributed by atoms with Crippen LogP contribution in [0.2, 0.25) is 0 Å². The van der Waals surface area contributed by atoms with Gasteiger partial charge < -0.3 is 0 Å². The van der Waals surface area contributed by atoms with E-state index < -0.39 is 0 Å². The lowest BCUT2D eigenvalue weighted by Crippen LogP contribution is -1.66. The van der Waals surface area contributed by atoms with Gasteiger partial charge in [-0.3, -0.25) is 15.1 Å². The lowest BCUT2D eigenvalue weighted by Gasteiger charge is -1.70. The van der Waals surface area contributed by atoms with E-state index in [2.05, 4.69) is 25.4 Å². The normalized spacial score (nSPS) is 8.00. The molecule has 0 spiro atoms. The van der Waals surface area contributed by atoms with Gasteiger partial charge in [-0.15, -0.1) is 5.10 Å². The molecular formula is C6H7N5. The molecule has 56 valence electrons. The molecule has 0 saturated carbocycles. The highest BCUT2D eigenvalue weighted by Gasteiger charge is 1.59. The highest BCUT2D eigenvalue weighted by molar-refractivity contribution is 4.70. The lowest BCUT2D eigenvalue weighted by molar-refractivity contribution is 0.940. The first-order valence-corrected chi connectivity index (χ1v) is 3.00. The van der Waals surface area contributed by atoms with Gasteiger partial charge in [-0.05, 0) is 0 Å². The largest absolute Gasteiger partial charge is 0.266 e. The highest BCUT2D eigenvalue weighted by atomic mass is 15.3. The number of H-pyrrole nitrogens is 1. The van der Waals surface area contributed by atoms with Gasteiger partial charge in [-0.2, -0.15) is 0 Å².